The first-order valence-electron chi connectivity index (χ1n) is 8.73. The first-order valence-corrected chi connectivity index (χ1v) is 8.73. The summed E-state index contributed by atoms with van der Waals surface area (Å²) in [6.45, 7) is 4.35. The molecule has 2 aromatic carbocycles. The van der Waals surface area contributed by atoms with Gasteiger partial charge in [0.2, 0.25) is 0 Å². The third-order valence-corrected chi connectivity index (χ3v) is 4.54. The van der Waals surface area contributed by atoms with Gasteiger partial charge in [0.1, 0.15) is 24.7 Å². The molecule has 0 aromatic heterocycles. The normalized spacial score (nSPS) is 13.1. The molecule has 0 fully saturated rings. The second-order valence-electron chi connectivity index (χ2n) is 6.18. The molecule has 0 N–H and O–H groups in total. The fourth-order valence-corrected chi connectivity index (χ4v) is 3.36. The van der Waals surface area contributed by atoms with E-state index in [4.69, 9.17) is 18.9 Å². The second-order valence-corrected chi connectivity index (χ2v) is 6.18. The smallest absolute Gasteiger partial charge is 0.131 e. The van der Waals surface area contributed by atoms with Crippen molar-refractivity contribution in [1.29, 1.82) is 0 Å². The molecule has 1 aliphatic rings. The zero-order chi connectivity index (χ0) is 17.6. The van der Waals surface area contributed by atoms with Crippen molar-refractivity contribution in [3.05, 3.63) is 47.0 Å². The second kappa shape index (κ2) is 8.37. The zero-order valence-corrected chi connectivity index (χ0v) is 15.3. The highest BCUT2D eigenvalue weighted by Gasteiger charge is 2.23. The summed E-state index contributed by atoms with van der Waals surface area (Å²) in [5, 5.41) is 2.25. The Balaban J connectivity index is 2.15. The molecular formula is C21H26O4. The lowest BCUT2D eigenvalue weighted by Crippen LogP contribution is -2.12. The molecule has 0 heterocycles. The van der Waals surface area contributed by atoms with Crippen LogP contribution in [0.15, 0.2) is 30.4 Å². The van der Waals surface area contributed by atoms with Gasteiger partial charge in [-0.25, -0.2) is 0 Å². The van der Waals surface area contributed by atoms with Gasteiger partial charge in [-0.05, 0) is 25.3 Å². The number of allylic oxidation sites excluding steroid dienone is 2. The fourth-order valence-electron chi connectivity index (χ4n) is 3.36. The number of hydrogen-bond acceptors (Lipinski definition) is 4. The zero-order valence-electron chi connectivity index (χ0n) is 15.3. The standard InChI is InChI=1S/C21H26O4/c1-15-7-6-10-18-19(15)21(25-14-12-23-3)17-9-5-4-8-16(17)20(18)24-13-11-22-2/h4-7,10H,8-9,11-14H2,1-3H3. The number of hydrogen-bond donors (Lipinski definition) is 0. The minimum atomic E-state index is 0.541. The monoisotopic (exact) mass is 342 g/mol. The first kappa shape index (κ1) is 17.8. The Morgan fingerprint density at radius 2 is 1.40 bits per heavy atom. The van der Waals surface area contributed by atoms with Crippen LogP contribution >= 0.6 is 0 Å². The third kappa shape index (κ3) is 3.65. The summed E-state index contributed by atoms with van der Waals surface area (Å²) in [5.74, 6) is 1.94. The van der Waals surface area contributed by atoms with Crippen LogP contribution in [0.4, 0.5) is 0 Å². The predicted octanol–water partition coefficient (Wildman–Crippen LogP) is 3.85. The highest BCUT2D eigenvalue weighted by atomic mass is 16.5. The Kier molecular flexibility index (Phi) is 5.95. The van der Waals surface area contributed by atoms with Gasteiger partial charge in [0.25, 0.3) is 0 Å². The van der Waals surface area contributed by atoms with Crippen molar-refractivity contribution < 1.29 is 18.9 Å². The van der Waals surface area contributed by atoms with Gasteiger partial charge in [0.05, 0.1) is 13.2 Å². The lowest BCUT2D eigenvalue weighted by atomic mass is 9.89. The third-order valence-electron chi connectivity index (χ3n) is 4.54. The Hall–Kier alpha value is -2.04. The van der Waals surface area contributed by atoms with Gasteiger partial charge in [0, 0.05) is 36.1 Å². The molecule has 1 aliphatic carbocycles. The van der Waals surface area contributed by atoms with Gasteiger partial charge in [-0.2, -0.15) is 0 Å². The number of methoxy groups -OCH3 is 2. The maximum absolute atomic E-state index is 6.18. The van der Waals surface area contributed by atoms with Crippen molar-refractivity contribution in [3.63, 3.8) is 0 Å². The van der Waals surface area contributed by atoms with Crippen molar-refractivity contribution in [2.24, 2.45) is 0 Å². The van der Waals surface area contributed by atoms with E-state index in [0.717, 1.165) is 35.1 Å². The van der Waals surface area contributed by atoms with Crippen LogP contribution in [0.2, 0.25) is 0 Å². The Morgan fingerprint density at radius 1 is 0.800 bits per heavy atom. The predicted molar refractivity (Wildman–Crippen MR) is 100.0 cm³/mol. The van der Waals surface area contributed by atoms with E-state index >= 15 is 0 Å². The van der Waals surface area contributed by atoms with E-state index in [2.05, 4.69) is 37.3 Å². The lowest BCUT2D eigenvalue weighted by Gasteiger charge is -2.24. The van der Waals surface area contributed by atoms with Crippen LogP contribution < -0.4 is 9.47 Å². The van der Waals surface area contributed by atoms with Crippen LogP contribution in [0.25, 0.3) is 10.8 Å². The number of fused-ring (bicyclic) bond motifs is 2. The molecular weight excluding hydrogens is 316 g/mol. The van der Waals surface area contributed by atoms with E-state index in [1.807, 2.05) is 0 Å². The Morgan fingerprint density at radius 3 is 2.04 bits per heavy atom. The van der Waals surface area contributed by atoms with E-state index in [0.29, 0.717) is 26.4 Å². The van der Waals surface area contributed by atoms with Gasteiger partial charge in [-0.15, -0.1) is 0 Å². The van der Waals surface area contributed by atoms with Gasteiger partial charge in [-0.1, -0.05) is 30.4 Å². The van der Waals surface area contributed by atoms with Gasteiger partial charge in [0.15, 0.2) is 0 Å². The van der Waals surface area contributed by atoms with Gasteiger partial charge >= 0.3 is 0 Å². The molecule has 0 saturated carbocycles. The molecule has 25 heavy (non-hydrogen) atoms. The Labute approximate surface area is 149 Å². The number of aryl methyl sites for hydroxylation is 1. The van der Waals surface area contributed by atoms with Crippen LogP contribution in [-0.4, -0.2) is 40.6 Å². The van der Waals surface area contributed by atoms with E-state index < -0.39 is 0 Å². The molecule has 0 radical (unpaired) electrons. The summed E-state index contributed by atoms with van der Waals surface area (Å²) in [6, 6.07) is 6.31. The number of rotatable bonds is 8. The average molecular weight is 342 g/mol. The topological polar surface area (TPSA) is 36.9 Å². The molecule has 0 spiro atoms. The first-order chi connectivity index (χ1) is 12.3. The van der Waals surface area contributed by atoms with Gasteiger partial charge < -0.3 is 18.9 Å². The van der Waals surface area contributed by atoms with Crippen molar-refractivity contribution in [2.75, 3.05) is 40.6 Å². The molecule has 0 saturated heterocycles. The molecule has 4 nitrogen and oxygen atoms in total. The highest BCUT2D eigenvalue weighted by molar-refractivity contribution is 5.98. The highest BCUT2D eigenvalue weighted by Crippen LogP contribution is 2.44. The van der Waals surface area contributed by atoms with E-state index in [9.17, 15) is 0 Å². The molecule has 0 unspecified atom stereocenters. The van der Waals surface area contributed by atoms with Crippen molar-refractivity contribution >= 4 is 10.8 Å². The molecule has 0 aliphatic heterocycles. The quantitative estimate of drug-likeness (QED) is 0.539. The fraction of sp³-hybridized carbons (Fsp3) is 0.429. The summed E-state index contributed by atoms with van der Waals surface area (Å²) < 4.78 is 22.7. The SMILES string of the molecule is COCCOc1c2c(c(OCCOC)c3c(C)cccc13)CC=CC2. The number of ether oxygens (including phenoxy) is 4. The summed E-state index contributed by atoms with van der Waals surface area (Å²) in [5.41, 5.74) is 3.65. The van der Waals surface area contributed by atoms with E-state index in [-0.39, 0.29) is 0 Å². The average Bonchev–Trinajstić information content (AvgIpc) is 2.63. The van der Waals surface area contributed by atoms with Crippen LogP contribution in [0.3, 0.4) is 0 Å². The summed E-state index contributed by atoms with van der Waals surface area (Å²) >= 11 is 0. The van der Waals surface area contributed by atoms with Crippen LogP contribution in [0.1, 0.15) is 16.7 Å². The van der Waals surface area contributed by atoms with Crippen molar-refractivity contribution in [1.82, 2.24) is 0 Å². The van der Waals surface area contributed by atoms with Crippen molar-refractivity contribution in [3.8, 4) is 11.5 Å². The maximum Gasteiger partial charge on any atom is 0.131 e. The number of benzene rings is 2. The minimum Gasteiger partial charge on any atom is -0.490 e. The lowest BCUT2D eigenvalue weighted by molar-refractivity contribution is 0.145. The van der Waals surface area contributed by atoms with Crippen LogP contribution in [-0.2, 0) is 22.3 Å². The molecule has 0 atom stereocenters. The van der Waals surface area contributed by atoms with Crippen LogP contribution in [0.5, 0.6) is 11.5 Å². The largest absolute Gasteiger partial charge is 0.490 e. The summed E-state index contributed by atoms with van der Waals surface area (Å²) in [6.07, 6.45) is 6.13. The minimum absolute atomic E-state index is 0.541. The molecule has 3 rings (SSSR count). The van der Waals surface area contributed by atoms with Gasteiger partial charge in [-0.3, -0.25) is 0 Å². The molecule has 2 aromatic rings. The molecule has 0 amide bonds. The van der Waals surface area contributed by atoms with Crippen molar-refractivity contribution in [2.45, 2.75) is 19.8 Å². The maximum atomic E-state index is 6.18. The molecule has 134 valence electrons. The summed E-state index contributed by atoms with van der Waals surface area (Å²) in [7, 11) is 3.38. The molecule has 0 bridgehead atoms. The van der Waals surface area contributed by atoms with E-state index in [1.165, 1.54) is 16.7 Å². The summed E-state index contributed by atoms with van der Waals surface area (Å²) in [4.78, 5) is 0. The van der Waals surface area contributed by atoms with E-state index in [1.54, 1.807) is 14.2 Å². The Bertz CT molecular complexity index is 764. The molecule has 4 heteroatoms. The van der Waals surface area contributed by atoms with Crippen LogP contribution in [0, 0.1) is 6.92 Å².